The van der Waals surface area contributed by atoms with E-state index in [9.17, 15) is 9.90 Å². The molecule has 0 amide bonds. The van der Waals surface area contributed by atoms with Gasteiger partial charge in [0.1, 0.15) is 0 Å². The zero-order valence-corrected chi connectivity index (χ0v) is 39.5. The van der Waals surface area contributed by atoms with Crippen molar-refractivity contribution in [2.45, 2.75) is 285 Å². The monoisotopic (exact) mass is 793 g/mol. The van der Waals surface area contributed by atoms with Crippen molar-refractivity contribution in [3.63, 3.8) is 0 Å². The van der Waals surface area contributed by atoms with Crippen molar-refractivity contribution in [3.05, 3.63) is 12.3 Å². The lowest BCUT2D eigenvalue weighted by molar-refractivity contribution is -0.111. The van der Waals surface area contributed by atoms with Gasteiger partial charge in [0.2, 0.25) is 0 Å². The molecule has 1 aliphatic carbocycles. The summed E-state index contributed by atoms with van der Waals surface area (Å²) in [5.41, 5.74) is -0.576. The quantitative estimate of drug-likeness (QED) is 0.0500. The smallest absolute Gasteiger partial charge is 0.188 e. The summed E-state index contributed by atoms with van der Waals surface area (Å²) < 4.78 is 6.17. The van der Waals surface area contributed by atoms with Crippen molar-refractivity contribution in [3.8, 4) is 0 Å². The standard InChI is InChI=1S/C30H58O2S.C21H42O/c1-5-7-9-11-13-17-27(18-14-12-10-8-6-2)24-30(4,32)22-16-15-19-29(31)33-25-28-21-20-26(3)23-28;1-5-8-11-13-15-18-21(19-16-14-12-9-6-2)22-20(4)17-10-7-3/h26-28,32H,5-25H2,1-4H3;21H,4-19H2,1-3H3. The Labute approximate surface area is 350 Å². The fraction of sp³-hybridized carbons (Fsp3) is 0.941. The van der Waals surface area contributed by atoms with Crippen molar-refractivity contribution < 1.29 is 14.6 Å². The number of ether oxygens (including phenoxy) is 1. The fourth-order valence-electron chi connectivity index (χ4n) is 8.56. The second-order valence-electron chi connectivity index (χ2n) is 18.4. The van der Waals surface area contributed by atoms with Crippen LogP contribution in [0.4, 0.5) is 0 Å². The maximum Gasteiger partial charge on any atom is 0.188 e. The van der Waals surface area contributed by atoms with Gasteiger partial charge in [-0.1, -0.05) is 208 Å². The Hall–Kier alpha value is -0.480. The number of aliphatic hydroxyl groups is 1. The van der Waals surface area contributed by atoms with E-state index in [4.69, 9.17) is 4.74 Å². The SMILES string of the molecule is C=C(CCCC)OC(CCCCCCC)CCCCCCC.CCCCCCCC(CCCCCCC)CC(C)(O)CCCCC(=O)SCC1CCC(C)C1. The molecule has 0 aromatic carbocycles. The summed E-state index contributed by atoms with van der Waals surface area (Å²) in [6, 6.07) is 0. The Morgan fingerprint density at radius 1 is 0.655 bits per heavy atom. The lowest BCUT2D eigenvalue weighted by Gasteiger charge is -2.29. The van der Waals surface area contributed by atoms with Crippen LogP contribution in [0.3, 0.4) is 0 Å². The largest absolute Gasteiger partial charge is 0.495 e. The molecule has 0 saturated heterocycles. The van der Waals surface area contributed by atoms with Crippen LogP contribution in [0.15, 0.2) is 12.3 Å². The third-order valence-corrected chi connectivity index (χ3v) is 13.4. The minimum atomic E-state index is -0.576. The van der Waals surface area contributed by atoms with Crippen LogP contribution < -0.4 is 0 Å². The lowest BCUT2D eigenvalue weighted by atomic mass is 9.82. The molecule has 3 nitrogen and oxygen atoms in total. The zero-order chi connectivity index (χ0) is 40.8. The molecule has 55 heavy (non-hydrogen) atoms. The van der Waals surface area contributed by atoms with E-state index in [1.165, 1.54) is 186 Å². The summed E-state index contributed by atoms with van der Waals surface area (Å²) in [4.78, 5) is 12.3. The molecular weight excluding hydrogens is 693 g/mol. The van der Waals surface area contributed by atoms with E-state index in [0.717, 1.165) is 55.5 Å². The number of unbranched alkanes of at least 4 members (excludes halogenated alkanes) is 18. The van der Waals surface area contributed by atoms with Gasteiger partial charge in [0.15, 0.2) is 5.12 Å². The third kappa shape index (κ3) is 36.3. The van der Waals surface area contributed by atoms with E-state index in [2.05, 4.69) is 48.1 Å². The second-order valence-corrected chi connectivity index (χ2v) is 19.5. The second kappa shape index (κ2) is 39.0. The van der Waals surface area contributed by atoms with Crippen molar-refractivity contribution in [2.24, 2.45) is 17.8 Å². The van der Waals surface area contributed by atoms with Crippen LogP contribution in [0.5, 0.6) is 0 Å². The molecular formula is C51H100O3S. The first-order chi connectivity index (χ1) is 26.6. The van der Waals surface area contributed by atoms with Gasteiger partial charge in [-0.05, 0) is 88.9 Å². The normalized spacial score (nSPS) is 16.7. The molecule has 0 aromatic heterocycles. The predicted octanol–water partition coefficient (Wildman–Crippen LogP) is 17.5. The molecule has 1 rings (SSSR count). The van der Waals surface area contributed by atoms with E-state index in [1.807, 2.05) is 6.92 Å². The molecule has 1 aliphatic rings. The summed E-state index contributed by atoms with van der Waals surface area (Å²) in [7, 11) is 0. The van der Waals surface area contributed by atoms with Gasteiger partial charge in [-0.3, -0.25) is 4.79 Å². The molecule has 0 spiro atoms. The first-order valence-corrected chi connectivity index (χ1v) is 25.8. The number of allylic oxidation sites excluding steroid dienone is 1. The van der Waals surface area contributed by atoms with E-state index in [0.29, 0.717) is 23.6 Å². The Kier molecular flexibility index (Phi) is 38.7. The van der Waals surface area contributed by atoms with Gasteiger partial charge in [-0.25, -0.2) is 0 Å². The van der Waals surface area contributed by atoms with Gasteiger partial charge in [0.25, 0.3) is 0 Å². The Bertz CT molecular complexity index is 812. The minimum Gasteiger partial charge on any atom is -0.495 e. The molecule has 0 radical (unpaired) electrons. The number of carbonyl (C=O) groups excluding carboxylic acids is 1. The molecule has 1 N–H and O–H groups in total. The molecule has 3 unspecified atom stereocenters. The third-order valence-electron chi connectivity index (χ3n) is 12.2. The van der Waals surface area contributed by atoms with Crippen molar-refractivity contribution in [1.82, 2.24) is 0 Å². The van der Waals surface area contributed by atoms with Crippen molar-refractivity contribution in [1.29, 1.82) is 0 Å². The van der Waals surface area contributed by atoms with Gasteiger partial charge in [-0.15, -0.1) is 0 Å². The van der Waals surface area contributed by atoms with E-state index in [-0.39, 0.29) is 0 Å². The zero-order valence-electron chi connectivity index (χ0n) is 38.6. The highest BCUT2D eigenvalue weighted by atomic mass is 32.2. The maximum absolute atomic E-state index is 12.3. The van der Waals surface area contributed by atoms with Crippen LogP contribution in [0.25, 0.3) is 0 Å². The van der Waals surface area contributed by atoms with Gasteiger partial charge >= 0.3 is 0 Å². The van der Waals surface area contributed by atoms with E-state index < -0.39 is 5.60 Å². The number of hydrogen-bond donors (Lipinski definition) is 1. The molecule has 4 heteroatoms. The molecule has 0 bridgehead atoms. The Morgan fingerprint density at radius 3 is 1.58 bits per heavy atom. The maximum atomic E-state index is 12.3. The van der Waals surface area contributed by atoms with Crippen molar-refractivity contribution in [2.75, 3.05) is 5.75 Å². The predicted molar refractivity (Wildman–Crippen MR) is 248 cm³/mol. The average Bonchev–Trinajstić information content (AvgIpc) is 3.59. The fourth-order valence-corrected chi connectivity index (χ4v) is 9.57. The highest BCUT2D eigenvalue weighted by Gasteiger charge is 2.25. The van der Waals surface area contributed by atoms with Crippen LogP contribution in [-0.2, 0) is 9.53 Å². The highest BCUT2D eigenvalue weighted by Crippen LogP contribution is 2.34. The van der Waals surface area contributed by atoms with Gasteiger partial charge in [-0.2, -0.15) is 0 Å². The first-order valence-electron chi connectivity index (χ1n) is 24.8. The highest BCUT2D eigenvalue weighted by molar-refractivity contribution is 8.13. The minimum absolute atomic E-state index is 0.367. The molecule has 0 heterocycles. The van der Waals surface area contributed by atoms with Crippen LogP contribution in [0.2, 0.25) is 0 Å². The Balaban J connectivity index is 0.00000115. The Morgan fingerprint density at radius 2 is 1.13 bits per heavy atom. The number of rotatable bonds is 38. The molecule has 328 valence electrons. The van der Waals surface area contributed by atoms with Crippen molar-refractivity contribution >= 4 is 16.9 Å². The molecule has 3 atom stereocenters. The first kappa shape index (κ1) is 54.5. The van der Waals surface area contributed by atoms with Gasteiger partial charge < -0.3 is 9.84 Å². The number of thioether (sulfide) groups is 1. The summed E-state index contributed by atoms with van der Waals surface area (Å²) >= 11 is 1.57. The molecule has 1 fully saturated rings. The van der Waals surface area contributed by atoms with Crippen LogP contribution >= 0.6 is 11.8 Å². The van der Waals surface area contributed by atoms with Crippen LogP contribution in [0.1, 0.15) is 273 Å². The van der Waals surface area contributed by atoms with Gasteiger partial charge in [0, 0.05) is 18.6 Å². The van der Waals surface area contributed by atoms with Gasteiger partial charge in [0.05, 0.1) is 17.5 Å². The van der Waals surface area contributed by atoms with Crippen LogP contribution in [0, 0.1) is 17.8 Å². The molecule has 1 saturated carbocycles. The van der Waals surface area contributed by atoms with Crippen LogP contribution in [-0.4, -0.2) is 27.7 Å². The topological polar surface area (TPSA) is 46.5 Å². The molecule has 0 aliphatic heterocycles. The summed E-state index contributed by atoms with van der Waals surface area (Å²) in [5.74, 6) is 4.32. The number of carbonyl (C=O) groups is 1. The summed E-state index contributed by atoms with van der Waals surface area (Å²) in [6.45, 7) is 19.8. The molecule has 0 aromatic rings. The number of hydrogen-bond acceptors (Lipinski definition) is 4. The lowest BCUT2D eigenvalue weighted by Crippen LogP contribution is -2.28. The summed E-state index contributed by atoms with van der Waals surface area (Å²) in [6.07, 6.45) is 44.2. The summed E-state index contributed by atoms with van der Waals surface area (Å²) in [5, 5.41) is 11.5. The van der Waals surface area contributed by atoms with E-state index >= 15 is 0 Å². The van der Waals surface area contributed by atoms with E-state index in [1.54, 1.807) is 11.8 Å². The average molecular weight is 793 g/mol.